The summed E-state index contributed by atoms with van der Waals surface area (Å²) in [4.78, 5) is 0. The van der Waals surface area contributed by atoms with Gasteiger partial charge in [0.15, 0.2) is 0 Å². The zero-order valence-electron chi connectivity index (χ0n) is 12.2. The van der Waals surface area contributed by atoms with Crippen molar-refractivity contribution in [3.8, 4) is 11.5 Å². The quantitative estimate of drug-likeness (QED) is 0.419. The van der Waals surface area contributed by atoms with Crippen molar-refractivity contribution >= 4 is 55.5 Å². The molecule has 2 nitrogen and oxygen atoms in total. The van der Waals surface area contributed by atoms with E-state index in [0.717, 1.165) is 32.3 Å². The second-order valence-corrected chi connectivity index (χ2v) is 6.15. The molecule has 4 aromatic rings. The molecular formula is C19H12Cl2O2. The van der Waals surface area contributed by atoms with Crippen LogP contribution in [-0.4, -0.2) is 12.2 Å². The van der Waals surface area contributed by atoms with Crippen LogP contribution in [0.25, 0.3) is 32.3 Å². The third-order valence-corrected chi connectivity index (χ3v) is 5.01. The van der Waals surface area contributed by atoms with E-state index in [9.17, 15) is 5.11 Å². The Morgan fingerprint density at radius 3 is 1.70 bits per heavy atom. The molecule has 114 valence electrons. The molecule has 0 atom stereocenters. The third kappa shape index (κ3) is 2.03. The summed E-state index contributed by atoms with van der Waals surface area (Å²) in [6.07, 6.45) is 0. The van der Waals surface area contributed by atoms with Gasteiger partial charge in [0.05, 0.1) is 17.2 Å². The summed E-state index contributed by atoms with van der Waals surface area (Å²) in [7, 11) is 1.61. The number of hydrogen-bond donors (Lipinski definition) is 1. The van der Waals surface area contributed by atoms with Crippen LogP contribution in [0.5, 0.6) is 11.5 Å². The molecule has 4 heteroatoms. The first-order valence-corrected chi connectivity index (χ1v) is 7.86. The molecular weight excluding hydrogens is 331 g/mol. The summed E-state index contributed by atoms with van der Waals surface area (Å²) >= 11 is 12.6. The SMILES string of the molecule is COc1ccc2c(ccc3c4ccc(O)c(Cl)c4ccc23)c1Cl. The summed E-state index contributed by atoms with van der Waals surface area (Å²) in [6.45, 7) is 0. The Balaban J connectivity index is 2.18. The molecule has 0 spiro atoms. The average molecular weight is 343 g/mol. The van der Waals surface area contributed by atoms with E-state index in [1.54, 1.807) is 13.2 Å². The molecule has 0 aliphatic carbocycles. The van der Waals surface area contributed by atoms with Gasteiger partial charge in [0.1, 0.15) is 11.5 Å². The number of fused-ring (bicyclic) bond motifs is 5. The molecule has 0 aliphatic rings. The molecule has 0 fully saturated rings. The molecule has 0 saturated heterocycles. The minimum atomic E-state index is 0.0899. The summed E-state index contributed by atoms with van der Waals surface area (Å²) in [6, 6.07) is 15.3. The number of benzene rings is 4. The van der Waals surface area contributed by atoms with E-state index in [2.05, 4.69) is 0 Å². The van der Waals surface area contributed by atoms with E-state index < -0.39 is 0 Å². The highest BCUT2D eigenvalue weighted by molar-refractivity contribution is 6.39. The van der Waals surface area contributed by atoms with Gasteiger partial charge in [-0.2, -0.15) is 0 Å². The van der Waals surface area contributed by atoms with Gasteiger partial charge in [0.25, 0.3) is 0 Å². The number of halogens is 2. The fraction of sp³-hybridized carbons (Fsp3) is 0.0526. The minimum Gasteiger partial charge on any atom is -0.506 e. The van der Waals surface area contributed by atoms with Crippen molar-refractivity contribution in [3.05, 3.63) is 58.6 Å². The van der Waals surface area contributed by atoms with E-state index in [-0.39, 0.29) is 5.75 Å². The van der Waals surface area contributed by atoms with Gasteiger partial charge in [-0.3, -0.25) is 0 Å². The summed E-state index contributed by atoms with van der Waals surface area (Å²) in [5, 5.41) is 16.8. The van der Waals surface area contributed by atoms with Gasteiger partial charge in [-0.15, -0.1) is 0 Å². The molecule has 0 bridgehead atoms. The standard InChI is InChI=1S/C19H12Cl2O2/c1-23-17-9-7-13-11-2-4-14-12(6-8-16(22)18(14)20)10(11)3-5-15(13)19(17)21/h2-9,22H,1H3. The normalized spacial score (nSPS) is 11.4. The van der Waals surface area contributed by atoms with Crippen molar-refractivity contribution in [2.75, 3.05) is 7.11 Å². The number of aromatic hydroxyl groups is 1. The highest BCUT2D eigenvalue weighted by atomic mass is 35.5. The Labute approximate surface area is 142 Å². The molecule has 0 amide bonds. The first-order chi connectivity index (χ1) is 11.1. The predicted octanol–water partition coefficient (Wildman–Crippen LogP) is 6.17. The molecule has 0 aromatic heterocycles. The monoisotopic (exact) mass is 342 g/mol. The molecule has 1 N–H and O–H groups in total. The number of phenols is 1. The van der Waals surface area contributed by atoms with Crippen LogP contribution in [-0.2, 0) is 0 Å². The summed E-state index contributed by atoms with van der Waals surface area (Å²) < 4.78 is 5.29. The van der Waals surface area contributed by atoms with Crippen molar-refractivity contribution in [2.45, 2.75) is 0 Å². The van der Waals surface area contributed by atoms with Crippen LogP contribution in [0.4, 0.5) is 0 Å². The highest BCUT2D eigenvalue weighted by Crippen LogP contribution is 2.40. The Morgan fingerprint density at radius 1 is 0.652 bits per heavy atom. The molecule has 23 heavy (non-hydrogen) atoms. The van der Waals surface area contributed by atoms with Crippen molar-refractivity contribution in [1.82, 2.24) is 0 Å². The van der Waals surface area contributed by atoms with Gasteiger partial charge in [0.2, 0.25) is 0 Å². The maximum atomic E-state index is 9.79. The Hall–Kier alpha value is -2.16. The van der Waals surface area contributed by atoms with Crippen LogP contribution >= 0.6 is 23.2 Å². The van der Waals surface area contributed by atoms with E-state index in [4.69, 9.17) is 27.9 Å². The first kappa shape index (κ1) is 14.4. The van der Waals surface area contributed by atoms with Gasteiger partial charge >= 0.3 is 0 Å². The molecule has 4 rings (SSSR count). The fourth-order valence-electron chi connectivity index (χ4n) is 3.09. The minimum absolute atomic E-state index is 0.0899. The summed E-state index contributed by atoms with van der Waals surface area (Å²) in [5.74, 6) is 0.749. The molecule has 0 saturated carbocycles. The largest absolute Gasteiger partial charge is 0.506 e. The van der Waals surface area contributed by atoms with Crippen molar-refractivity contribution in [2.24, 2.45) is 0 Å². The van der Waals surface area contributed by atoms with E-state index in [1.165, 1.54) is 0 Å². The van der Waals surface area contributed by atoms with Gasteiger partial charge in [0, 0.05) is 10.8 Å². The lowest BCUT2D eigenvalue weighted by atomic mass is 9.97. The van der Waals surface area contributed by atoms with E-state index in [1.807, 2.05) is 42.5 Å². The lowest BCUT2D eigenvalue weighted by molar-refractivity contribution is 0.415. The van der Waals surface area contributed by atoms with Gasteiger partial charge in [-0.25, -0.2) is 0 Å². The number of hydrogen-bond acceptors (Lipinski definition) is 2. The Bertz CT molecular complexity index is 1090. The average Bonchev–Trinajstić information content (AvgIpc) is 2.57. The molecule has 0 unspecified atom stereocenters. The number of methoxy groups -OCH3 is 1. The van der Waals surface area contributed by atoms with Crippen LogP contribution in [0.15, 0.2) is 48.5 Å². The Morgan fingerprint density at radius 2 is 1.09 bits per heavy atom. The lowest BCUT2D eigenvalue weighted by Crippen LogP contribution is -1.87. The fourth-order valence-corrected chi connectivity index (χ4v) is 3.62. The van der Waals surface area contributed by atoms with Crippen LogP contribution < -0.4 is 4.74 Å². The van der Waals surface area contributed by atoms with Crippen molar-refractivity contribution in [3.63, 3.8) is 0 Å². The lowest BCUT2D eigenvalue weighted by Gasteiger charge is -2.11. The predicted molar refractivity (Wildman–Crippen MR) is 97.2 cm³/mol. The maximum Gasteiger partial charge on any atom is 0.138 e. The van der Waals surface area contributed by atoms with Crippen LogP contribution in [0.2, 0.25) is 10.0 Å². The number of ether oxygens (including phenoxy) is 1. The van der Waals surface area contributed by atoms with Crippen LogP contribution in [0.3, 0.4) is 0 Å². The van der Waals surface area contributed by atoms with Gasteiger partial charge in [-0.05, 0) is 45.8 Å². The first-order valence-electron chi connectivity index (χ1n) is 7.11. The number of rotatable bonds is 1. The Kier molecular flexibility index (Phi) is 3.26. The summed E-state index contributed by atoms with van der Waals surface area (Å²) in [5.41, 5.74) is 0. The van der Waals surface area contributed by atoms with Crippen LogP contribution in [0.1, 0.15) is 0 Å². The highest BCUT2D eigenvalue weighted by Gasteiger charge is 2.12. The van der Waals surface area contributed by atoms with E-state index >= 15 is 0 Å². The van der Waals surface area contributed by atoms with Crippen molar-refractivity contribution in [1.29, 1.82) is 0 Å². The maximum absolute atomic E-state index is 9.79. The molecule has 0 heterocycles. The molecule has 0 radical (unpaired) electrons. The zero-order valence-corrected chi connectivity index (χ0v) is 13.7. The second-order valence-electron chi connectivity index (χ2n) is 5.40. The van der Waals surface area contributed by atoms with E-state index in [0.29, 0.717) is 15.8 Å². The smallest absolute Gasteiger partial charge is 0.138 e. The second kappa shape index (κ2) is 5.19. The zero-order chi connectivity index (χ0) is 16.1. The third-order valence-electron chi connectivity index (χ3n) is 4.23. The van der Waals surface area contributed by atoms with Crippen LogP contribution in [0, 0.1) is 0 Å². The van der Waals surface area contributed by atoms with Crippen molar-refractivity contribution < 1.29 is 9.84 Å². The number of phenolic OH excluding ortho intramolecular Hbond substituents is 1. The topological polar surface area (TPSA) is 29.5 Å². The molecule has 4 aromatic carbocycles. The molecule has 0 aliphatic heterocycles. The van der Waals surface area contributed by atoms with Gasteiger partial charge < -0.3 is 9.84 Å². The van der Waals surface area contributed by atoms with Gasteiger partial charge in [-0.1, -0.05) is 47.5 Å².